The minimum absolute atomic E-state index is 0.960. The van der Waals surface area contributed by atoms with Gasteiger partial charge in [0.15, 0.2) is 0 Å². The highest BCUT2D eigenvalue weighted by Crippen LogP contribution is 2.37. The van der Waals surface area contributed by atoms with E-state index in [0.717, 1.165) is 17.5 Å². The highest BCUT2D eigenvalue weighted by atomic mass is 14.3. The van der Waals surface area contributed by atoms with Crippen molar-refractivity contribution >= 4 is 22.6 Å². The van der Waals surface area contributed by atoms with Gasteiger partial charge in [0.05, 0.1) is 0 Å². The van der Waals surface area contributed by atoms with Crippen LogP contribution in [-0.4, -0.2) is 6.21 Å². The third-order valence-electron chi connectivity index (χ3n) is 5.01. The maximum Gasteiger partial charge on any atom is 0.0256 e. The molecule has 0 amide bonds. The molecule has 0 spiro atoms. The molecular formula is C24H21N. The summed E-state index contributed by atoms with van der Waals surface area (Å²) in [6.07, 6.45) is 4.77. The number of nitrogens with one attached hydrogen (secondary N) is 1. The first-order valence-corrected chi connectivity index (χ1v) is 8.67. The molecule has 0 aromatic heterocycles. The van der Waals surface area contributed by atoms with Crippen LogP contribution in [0.4, 0.5) is 0 Å². The molecule has 0 fully saturated rings. The smallest absolute Gasteiger partial charge is 0.0256 e. The zero-order valence-corrected chi connectivity index (χ0v) is 14.6. The van der Waals surface area contributed by atoms with E-state index in [1.807, 2.05) is 6.07 Å². The zero-order chi connectivity index (χ0) is 17.4. The predicted molar refractivity (Wildman–Crippen MR) is 108 cm³/mol. The fourth-order valence-electron chi connectivity index (χ4n) is 3.85. The molecule has 0 heterocycles. The highest BCUT2D eigenvalue weighted by molar-refractivity contribution is 6.05. The average Bonchev–Trinajstić information content (AvgIpc) is 2.99. The van der Waals surface area contributed by atoms with Gasteiger partial charge in [0.1, 0.15) is 0 Å². The van der Waals surface area contributed by atoms with Crippen LogP contribution in [0.15, 0.2) is 77.9 Å². The van der Waals surface area contributed by atoms with Gasteiger partial charge in [0.2, 0.25) is 0 Å². The van der Waals surface area contributed by atoms with Crippen molar-refractivity contribution in [2.45, 2.75) is 20.3 Å². The first kappa shape index (κ1) is 15.6. The Morgan fingerprint density at radius 1 is 0.880 bits per heavy atom. The van der Waals surface area contributed by atoms with Gasteiger partial charge in [-0.1, -0.05) is 66.2 Å². The number of hydrogen-bond acceptors (Lipinski definition) is 1. The summed E-state index contributed by atoms with van der Waals surface area (Å²) in [5, 5.41) is 10.3. The van der Waals surface area contributed by atoms with Crippen molar-refractivity contribution in [2.75, 3.05) is 0 Å². The number of rotatable bonds is 3. The molecular weight excluding hydrogens is 302 g/mol. The molecule has 0 unspecified atom stereocenters. The minimum atomic E-state index is 0.960. The summed E-state index contributed by atoms with van der Waals surface area (Å²) in [5.74, 6) is 0. The van der Waals surface area contributed by atoms with Gasteiger partial charge in [0, 0.05) is 11.8 Å². The van der Waals surface area contributed by atoms with Crippen LogP contribution >= 0.6 is 0 Å². The maximum absolute atomic E-state index is 7.85. The van der Waals surface area contributed by atoms with E-state index in [2.05, 4.69) is 74.5 Å². The van der Waals surface area contributed by atoms with Gasteiger partial charge in [0.25, 0.3) is 0 Å². The third kappa shape index (κ3) is 2.72. The largest absolute Gasteiger partial charge is 0.308 e. The summed E-state index contributed by atoms with van der Waals surface area (Å²) in [6.45, 7) is 4.39. The second-order valence-electron chi connectivity index (χ2n) is 6.81. The fraction of sp³-hybridized carbons (Fsp3) is 0.125. The summed E-state index contributed by atoms with van der Waals surface area (Å²) in [5.41, 5.74) is 8.77. The monoisotopic (exact) mass is 323 g/mol. The van der Waals surface area contributed by atoms with Crippen LogP contribution in [0.25, 0.3) is 27.5 Å². The summed E-state index contributed by atoms with van der Waals surface area (Å²) in [6, 6.07) is 21.3. The Morgan fingerprint density at radius 2 is 1.68 bits per heavy atom. The SMILES string of the molecule is CC1=CC(C)=C(c2cccc(-c3c(C=N)ccc4ccccc34)c2)C1. The summed E-state index contributed by atoms with van der Waals surface area (Å²) < 4.78 is 0. The van der Waals surface area contributed by atoms with Crippen LogP contribution in [0, 0.1) is 5.41 Å². The molecule has 1 heteroatoms. The molecule has 1 aliphatic rings. The molecule has 0 saturated heterocycles. The van der Waals surface area contributed by atoms with E-state index in [1.54, 1.807) is 0 Å². The second-order valence-corrected chi connectivity index (χ2v) is 6.81. The van der Waals surface area contributed by atoms with Crippen LogP contribution < -0.4 is 0 Å². The Bertz CT molecular complexity index is 1050. The van der Waals surface area contributed by atoms with Gasteiger partial charge in [-0.2, -0.15) is 0 Å². The van der Waals surface area contributed by atoms with Crippen LogP contribution in [0.5, 0.6) is 0 Å². The van der Waals surface area contributed by atoms with Crippen LogP contribution in [0.1, 0.15) is 31.4 Å². The lowest BCUT2D eigenvalue weighted by atomic mass is 9.91. The molecule has 0 bridgehead atoms. The van der Waals surface area contributed by atoms with Gasteiger partial charge < -0.3 is 5.41 Å². The van der Waals surface area contributed by atoms with Gasteiger partial charge in [-0.3, -0.25) is 0 Å². The lowest BCUT2D eigenvalue weighted by Gasteiger charge is -2.13. The molecule has 3 aromatic carbocycles. The Hall–Kier alpha value is -2.93. The van der Waals surface area contributed by atoms with Crippen molar-refractivity contribution < 1.29 is 0 Å². The van der Waals surface area contributed by atoms with E-state index in [4.69, 9.17) is 5.41 Å². The Labute approximate surface area is 148 Å². The van der Waals surface area contributed by atoms with Crippen molar-refractivity contribution in [1.29, 1.82) is 5.41 Å². The molecule has 4 rings (SSSR count). The van der Waals surface area contributed by atoms with Crippen LogP contribution in [-0.2, 0) is 0 Å². The molecule has 0 aliphatic heterocycles. The first-order valence-electron chi connectivity index (χ1n) is 8.67. The zero-order valence-electron chi connectivity index (χ0n) is 14.6. The van der Waals surface area contributed by atoms with Crippen molar-refractivity contribution in [2.24, 2.45) is 0 Å². The van der Waals surface area contributed by atoms with Gasteiger partial charge >= 0.3 is 0 Å². The minimum Gasteiger partial charge on any atom is -0.308 e. The van der Waals surface area contributed by atoms with Gasteiger partial charge in [-0.25, -0.2) is 0 Å². The molecule has 122 valence electrons. The molecule has 25 heavy (non-hydrogen) atoms. The van der Waals surface area contributed by atoms with E-state index in [1.165, 1.54) is 44.8 Å². The number of allylic oxidation sites excluding steroid dienone is 4. The van der Waals surface area contributed by atoms with E-state index in [0.29, 0.717) is 0 Å². The second kappa shape index (κ2) is 6.18. The Morgan fingerprint density at radius 3 is 2.44 bits per heavy atom. The molecule has 3 aromatic rings. The quantitative estimate of drug-likeness (QED) is 0.523. The number of benzene rings is 3. The lowest BCUT2D eigenvalue weighted by Crippen LogP contribution is -1.92. The van der Waals surface area contributed by atoms with Crippen LogP contribution in [0.3, 0.4) is 0 Å². The summed E-state index contributed by atoms with van der Waals surface area (Å²) in [4.78, 5) is 0. The molecule has 1 aliphatic carbocycles. The molecule has 0 radical (unpaired) electrons. The highest BCUT2D eigenvalue weighted by Gasteiger charge is 2.14. The van der Waals surface area contributed by atoms with E-state index < -0.39 is 0 Å². The fourth-order valence-corrected chi connectivity index (χ4v) is 3.85. The van der Waals surface area contributed by atoms with Crippen molar-refractivity contribution in [3.63, 3.8) is 0 Å². The van der Waals surface area contributed by atoms with E-state index in [-0.39, 0.29) is 0 Å². The van der Waals surface area contributed by atoms with E-state index >= 15 is 0 Å². The summed E-state index contributed by atoms with van der Waals surface area (Å²) in [7, 11) is 0. The lowest BCUT2D eigenvalue weighted by molar-refractivity contribution is 1.26. The standard InChI is InChI=1S/C24H21N/c1-16-12-17(2)23(13-16)19-7-5-8-20(14-19)24-21(15-25)11-10-18-6-3-4-9-22(18)24/h3-12,14-15,25H,13H2,1-2H3. The summed E-state index contributed by atoms with van der Waals surface area (Å²) >= 11 is 0. The maximum atomic E-state index is 7.85. The normalized spacial score (nSPS) is 14.1. The van der Waals surface area contributed by atoms with Gasteiger partial charge in [-0.05, 0) is 64.9 Å². The third-order valence-corrected chi connectivity index (χ3v) is 5.01. The van der Waals surface area contributed by atoms with Crippen molar-refractivity contribution in [1.82, 2.24) is 0 Å². The van der Waals surface area contributed by atoms with Crippen molar-refractivity contribution in [3.05, 3.63) is 89.0 Å². The molecule has 1 N–H and O–H groups in total. The van der Waals surface area contributed by atoms with Crippen LogP contribution in [0.2, 0.25) is 0 Å². The number of hydrogen-bond donors (Lipinski definition) is 1. The topological polar surface area (TPSA) is 23.9 Å². The van der Waals surface area contributed by atoms with E-state index in [9.17, 15) is 0 Å². The first-order chi connectivity index (χ1) is 12.2. The average molecular weight is 323 g/mol. The number of fused-ring (bicyclic) bond motifs is 1. The molecule has 0 atom stereocenters. The van der Waals surface area contributed by atoms with Gasteiger partial charge in [-0.15, -0.1) is 0 Å². The Kier molecular flexibility index (Phi) is 3.85. The Balaban J connectivity index is 1.92. The predicted octanol–water partition coefficient (Wildman–Crippen LogP) is 6.63. The van der Waals surface area contributed by atoms with Crippen molar-refractivity contribution in [3.8, 4) is 11.1 Å². The molecule has 1 nitrogen and oxygen atoms in total. The molecule has 0 saturated carbocycles.